The summed E-state index contributed by atoms with van der Waals surface area (Å²) in [5.74, 6) is -0.0660. The van der Waals surface area contributed by atoms with Gasteiger partial charge in [-0.05, 0) is 65.8 Å². The molecule has 0 spiro atoms. The summed E-state index contributed by atoms with van der Waals surface area (Å²) >= 11 is 0. The largest absolute Gasteiger partial charge is 0.491 e. The Morgan fingerprint density at radius 1 is 0.757 bits per heavy atom. The monoisotopic (exact) mass is 556 g/mol. The maximum Gasteiger partial charge on any atom is 0.298 e. The third-order valence-corrected chi connectivity index (χ3v) is 8.08. The van der Waals surface area contributed by atoms with Crippen LogP contribution in [-0.4, -0.2) is 51.2 Å². The first-order chi connectivity index (χ1) is 17.3. The van der Waals surface area contributed by atoms with Gasteiger partial charge in [-0.3, -0.25) is 9.11 Å². The quantitative estimate of drug-likeness (QED) is 0.215. The van der Waals surface area contributed by atoms with Gasteiger partial charge in [0.25, 0.3) is 20.2 Å². The molecule has 2 unspecified atom stereocenters. The van der Waals surface area contributed by atoms with Crippen molar-refractivity contribution in [1.82, 2.24) is 0 Å². The van der Waals surface area contributed by atoms with Gasteiger partial charge in [0, 0.05) is 12.1 Å². The van der Waals surface area contributed by atoms with Crippen LogP contribution in [0.25, 0.3) is 11.1 Å². The molecule has 2 atom stereocenters. The van der Waals surface area contributed by atoms with Crippen LogP contribution in [0.15, 0.2) is 34.1 Å². The van der Waals surface area contributed by atoms with Gasteiger partial charge in [-0.25, -0.2) is 0 Å². The molecule has 0 saturated carbocycles. The van der Waals surface area contributed by atoms with Crippen LogP contribution in [0.4, 0.5) is 0 Å². The molecule has 206 valence electrons. The average molecular weight is 557 g/mol. The lowest BCUT2D eigenvalue weighted by Crippen LogP contribution is -2.28. The molecule has 0 radical (unpaired) electrons. The molecule has 0 fully saturated rings. The third kappa shape index (κ3) is 7.43. The number of nitrogens with two attached hydrogens (primary N) is 2. The van der Waals surface area contributed by atoms with Gasteiger partial charge in [-0.15, -0.1) is 0 Å². The molecule has 6 N–H and O–H groups in total. The summed E-state index contributed by atoms with van der Waals surface area (Å²) in [5.41, 5.74) is 14.3. The van der Waals surface area contributed by atoms with Crippen molar-refractivity contribution in [1.29, 1.82) is 0 Å². The zero-order chi connectivity index (χ0) is 27.4. The normalized spacial score (nSPS) is 14.6. The number of benzene rings is 2. The lowest BCUT2D eigenvalue weighted by atomic mass is 10.1. The molecular weight excluding hydrogens is 520 g/mol. The Balaban J connectivity index is 1.98. The molecule has 1 aliphatic carbocycles. The zero-order valence-corrected chi connectivity index (χ0v) is 22.8. The van der Waals surface area contributed by atoms with Gasteiger partial charge >= 0.3 is 0 Å². The average Bonchev–Trinajstić information content (AvgIpc) is 3.17. The van der Waals surface area contributed by atoms with E-state index >= 15 is 0 Å². The van der Waals surface area contributed by atoms with E-state index in [4.69, 9.17) is 20.9 Å². The fourth-order valence-electron chi connectivity index (χ4n) is 4.32. The SMILES string of the molecule is CCCCC(N)COc1cc2c(cc1S(=O)(=O)O)-c1cc(S(=O)(=O)O)c(OCC(N)CCCC)cc1C2. The minimum Gasteiger partial charge on any atom is -0.491 e. The van der Waals surface area contributed by atoms with Crippen LogP contribution in [0.3, 0.4) is 0 Å². The van der Waals surface area contributed by atoms with E-state index in [0.29, 0.717) is 41.5 Å². The Morgan fingerprint density at radius 2 is 1.14 bits per heavy atom. The van der Waals surface area contributed by atoms with Gasteiger partial charge in [0.1, 0.15) is 34.5 Å². The molecule has 37 heavy (non-hydrogen) atoms. The Kier molecular flexibility index (Phi) is 9.59. The summed E-state index contributed by atoms with van der Waals surface area (Å²) in [6.07, 6.45) is 5.47. The minimum atomic E-state index is -4.67. The highest BCUT2D eigenvalue weighted by atomic mass is 32.2. The molecule has 0 bridgehead atoms. The van der Waals surface area contributed by atoms with Crippen molar-refractivity contribution in [2.24, 2.45) is 11.5 Å². The summed E-state index contributed by atoms with van der Waals surface area (Å²) in [5, 5.41) is 0. The molecule has 0 heterocycles. The highest BCUT2D eigenvalue weighted by Crippen LogP contribution is 2.44. The van der Waals surface area contributed by atoms with Crippen molar-refractivity contribution in [3.63, 3.8) is 0 Å². The summed E-state index contributed by atoms with van der Waals surface area (Å²) in [6, 6.07) is 4.91. The lowest BCUT2D eigenvalue weighted by Gasteiger charge is -2.16. The molecule has 3 rings (SSSR count). The summed E-state index contributed by atoms with van der Waals surface area (Å²) in [6.45, 7) is 4.20. The van der Waals surface area contributed by atoms with E-state index in [1.807, 2.05) is 13.8 Å². The van der Waals surface area contributed by atoms with Crippen molar-refractivity contribution < 1.29 is 35.4 Å². The second-order valence-electron chi connectivity index (χ2n) is 9.47. The molecule has 0 saturated heterocycles. The van der Waals surface area contributed by atoms with Crippen LogP contribution in [0, 0.1) is 0 Å². The summed E-state index contributed by atoms with van der Waals surface area (Å²) in [4.78, 5) is -0.894. The van der Waals surface area contributed by atoms with Crippen molar-refractivity contribution in [2.75, 3.05) is 13.2 Å². The van der Waals surface area contributed by atoms with Gasteiger partial charge in [-0.1, -0.05) is 39.5 Å². The van der Waals surface area contributed by atoms with E-state index in [0.717, 1.165) is 25.7 Å². The predicted molar refractivity (Wildman–Crippen MR) is 140 cm³/mol. The van der Waals surface area contributed by atoms with E-state index in [1.165, 1.54) is 24.3 Å². The fraction of sp³-hybridized carbons (Fsp3) is 0.520. The van der Waals surface area contributed by atoms with Crippen LogP contribution < -0.4 is 20.9 Å². The van der Waals surface area contributed by atoms with Crippen LogP contribution >= 0.6 is 0 Å². The standard InChI is InChI=1S/C25H36N2O8S2/c1-3-5-7-18(26)14-34-22-10-16-9-17-11-23(35-15-19(27)8-6-4-2)25(37(31,32)33)13-21(17)20(16)12-24(22)36(28,29)30/h10-13,18-19H,3-9,14-15,26-27H2,1-2H3,(H,28,29,30)(H,31,32,33). The molecule has 12 heteroatoms. The van der Waals surface area contributed by atoms with Crippen LogP contribution in [0.5, 0.6) is 11.5 Å². The molecule has 1 aliphatic rings. The van der Waals surface area contributed by atoms with Crippen molar-refractivity contribution in [2.45, 2.75) is 80.7 Å². The number of hydrogen-bond donors (Lipinski definition) is 4. The fourth-order valence-corrected chi connectivity index (χ4v) is 5.60. The maximum absolute atomic E-state index is 12.2. The van der Waals surface area contributed by atoms with E-state index in [-0.39, 0.29) is 36.8 Å². The van der Waals surface area contributed by atoms with Gasteiger partial charge in [-0.2, -0.15) is 16.8 Å². The van der Waals surface area contributed by atoms with Gasteiger partial charge in [0.2, 0.25) is 0 Å². The Morgan fingerprint density at radius 3 is 1.46 bits per heavy atom. The van der Waals surface area contributed by atoms with Crippen LogP contribution in [-0.2, 0) is 26.7 Å². The van der Waals surface area contributed by atoms with Crippen LogP contribution in [0.1, 0.15) is 63.5 Å². The highest BCUT2D eigenvalue weighted by molar-refractivity contribution is 7.86. The molecule has 10 nitrogen and oxygen atoms in total. The zero-order valence-electron chi connectivity index (χ0n) is 21.1. The van der Waals surface area contributed by atoms with Crippen molar-refractivity contribution in [3.8, 4) is 22.6 Å². The second kappa shape index (κ2) is 12.1. The lowest BCUT2D eigenvalue weighted by molar-refractivity contribution is 0.272. The second-order valence-corrected chi connectivity index (χ2v) is 12.2. The third-order valence-electron chi connectivity index (χ3n) is 6.33. The highest BCUT2D eigenvalue weighted by Gasteiger charge is 2.29. The topological polar surface area (TPSA) is 179 Å². The molecule has 2 aromatic rings. The first-order valence-electron chi connectivity index (χ1n) is 12.4. The van der Waals surface area contributed by atoms with E-state index in [1.54, 1.807) is 0 Å². The molecule has 0 aromatic heterocycles. The van der Waals surface area contributed by atoms with Crippen LogP contribution in [0.2, 0.25) is 0 Å². The number of unbranched alkanes of at least 4 members (excludes halogenated alkanes) is 2. The molecular formula is C25H36N2O8S2. The maximum atomic E-state index is 12.2. The van der Waals surface area contributed by atoms with Crippen molar-refractivity contribution in [3.05, 3.63) is 35.4 Å². The first-order valence-corrected chi connectivity index (χ1v) is 15.3. The molecule has 0 amide bonds. The summed E-state index contributed by atoms with van der Waals surface area (Å²) < 4.78 is 79.8. The Bertz CT molecular complexity index is 1230. The minimum absolute atomic E-state index is 0.0330. The smallest absolute Gasteiger partial charge is 0.298 e. The predicted octanol–water partition coefficient (Wildman–Crippen LogP) is 3.54. The number of ether oxygens (including phenoxy) is 2. The first kappa shape index (κ1) is 29.3. The Hall–Kier alpha value is -2.22. The summed E-state index contributed by atoms with van der Waals surface area (Å²) in [7, 11) is -9.33. The van der Waals surface area contributed by atoms with E-state index in [9.17, 15) is 25.9 Å². The van der Waals surface area contributed by atoms with Gasteiger partial charge in [0.15, 0.2) is 0 Å². The van der Waals surface area contributed by atoms with Gasteiger partial charge in [0.05, 0.1) is 0 Å². The number of rotatable bonds is 14. The number of fused-ring (bicyclic) bond motifs is 3. The van der Waals surface area contributed by atoms with Gasteiger partial charge < -0.3 is 20.9 Å². The van der Waals surface area contributed by atoms with E-state index in [2.05, 4.69) is 0 Å². The molecule has 2 aromatic carbocycles. The molecule has 0 aliphatic heterocycles. The Labute approximate surface area is 218 Å². The van der Waals surface area contributed by atoms with Crippen molar-refractivity contribution >= 4 is 20.2 Å². The number of hydrogen-bond acceptors (Lipinski definition) is 8. The van der Waals surface area contributed by atoms with E-state index < -0.39 is 30.0 Å².